The van der Waals surface area contributed by atoms with Gasteiger partial charge in [0.2, 0.25) is 11.8 Å². The van der Waals surface area contributed by atoms with E-state index in [1.54, 1.807) is 37.3 Å². The maximum Gasteiger partial charge on any atom is 0.264 e. The number of hydrogen-bond donors (Lipinski definition) is 1. The molecule has 1 saturated carbocycles. The maximum atomic E-state index is 14.0. The van der Waals surface area contributed by atoms with Gasteiger partial charge in [-0.3, -0.25) is 13.9 Å². The molecule has 10 heteroatoms. The van der Waals surface area contributed by atoms with Gasteiger partial charge in [0.25, 0.3) is 10.0 Å². The number of sulfonamides is 1. The van der Waals surface area contributed by atoms with E-state index >= 15 is 0 Å². The number of nitrogens with one attached hydrogen (secondary N) is 1. The lowest BCUT2D eigenvalue weighted by molar-refractivity contribution is -0.139. The highest BCUT2D eigenvalue weighted by molar-refractivity contribution is 9.10. The van der Waals surface area contributed by atoms with Crippen molar-refractivity contribution in [2.45, 2.75) is 63.1 Å². The average Bonchev–Trinajstić information content (AvgIpc) is 3.48. The Hall–Kier alpha value is -3.37. The molecule has 4 rings (SSSR count). The van der Waals surface area contributed by atoms with Gasteiger partial charge in [-0.15, -0.1) is 0 Å². The van der Waals surface area contributed by atoms with E-state index in [4.69, 9.17) is 4.74 Å². The summed E-state index contributed by atoms with van der Waals surface area (Å²) in [6, 6.07) is 20.1. The Morgan fingerprint density at radius 3 is 2.29 bits per heavy atom. The van der Waals surface area contributed by atoms with Gasteiger partial charge in [0.1, 0.15) is 18.3 Å². The summed E-state index contributed by atoms with van der Waals surface area (Å²) >= 11 is 3.37. The van der Waals surface area contributed by atoms with Crippen molar-refractivity contribution in [1.82, 2.24) is 10.2 Å². The number of nitrogens with zero attached hydrogens (tertiary/aromatic N) is 2. The van der Waals surface area contributed by atoms with Gasteiger partial charge >= 0.3 is 0 Å². The van der Waals surface area contributed by atoms with Crippen LogP contribution in [0.15, 0.2) is 82.2 Å². The van der Waals surface area contributed by atoms with Gasteiger partial charge in [0, 0.05) is 12.6 Å². The molecule has 0 unspecified atom stereocenters. The number of amides is 2. The fourth-order valence-electron chi connectivity index (χ4n) is 4.93. The normalized spacial score (nSPS) is 14.3. The van der Waals surface area contributed by atoms with E-state index in [-0.39, 0.29) is 23.4 Å². The lowest BCUT2D eigenvalue weighted by atomic mass is 10.1. The first-order valence-electron chi connectivity index (χ1n) is 13.7. The number of anilines is 1. The molecular weight excluding hydrogens is 606 g/mol. The van der Waals surface area contributed by atoms with Crippen LogP contribution in [0.25, 0.3) is 0 Å². The largest absolute Gasteiger partial charge is 0.496 e. The number of carbonyl (C=O) groups is 2. The molecule has 0 bridgehead atoms. The summed E-state index contributed by atoms with van der Waals surface area (Å²) in [5, 5.41) is 3.08. The van der Waals surface area contributed by atoms with Crippen LogP contribution >= 0.6 is 15.9 Å². The molecule has 0 aliphatic heterocycles. The molecule has 2 amide bonds. The minimum atomic E-state index is -4.18. The Bertz CT molecular complexity index is 1460. The topological polar surface area (TPSA) is 96.0 Å². The fraction of sp³-hybridized carbons (Fsp3) is 0.355. The van der Waals surface area contributed by atoms with Crippen LogP contribution in [0.1, 0.15) is 43.7 Å². The monoisotopic (exact) mass is 641 g/mol. The van der Waals surface area contributed by atoms with E-state index in [0.717, 1.165) is 41.1 Å². The number of methoxy groups -OCH3 is 1. The van der Waals surface area contributed by atoms with Gasteiger partial charge in [0.15, 0.2) is 0 Å². The average molecular weight is 643 g/mol. The molecule has 3 aromatic carbocycles. The van der Waals surface area contributed by atoms with Crippen molar-refractivity contribution < 1.29 is 22.7 Å². The third-order valence-corrected chi connectivity index (χ3v) is 9.77. The lowest BCUT2D eigenvalue weighted by Gasteiger charge is -2.32. The minimum Gasteiger partial charge on any atom is -0.496 e. The summed E-state index contributed by atoms with van der Waals surface area (Å²) in [7, 11) is -2.68. The molecule has 1 aliphatic carbocycles. The molecule has 1 fully saturated rings. The Morgan fingerprint density at radius 1 is 1.02 bits per heavy atom. The number of hydrogen-bond acceptors (Lipinski definition) is 5. The minimum absolute atomic E-state index is 0.000171. The van der Waals surface area contributed by atoms with Gasteiger partial charge in [-0.25, -0.2) is 8.42 Å². The first-order valence-corrected chi connectivity index (χ1v) is 15.9. The summed E-state index contributed by atoms with van der Waals surface area (Å²) in [5.74, 6) is -0.247. The van der Waals surface area contributed by atoms with Crippen LogP contribution < -0.4 is 14.4 Å². The molecule has 1 N–H and O–H groups in total. The Labute approximate surface area is 250 Å². The molecule has 218 valence electrons. The summed E-state index contributed by atoms with van der Waals surface area (Å²) in [6.07, 6.45) is 3.97. The molecule has 0 saturated heterocycles. The van der Waals surface area contributed by atoms with Crippen LogP contribution in [0.5, 0.6) is 5.75 Å². The van der Waals surface area contributed by atoms with E-state index in [0.29, 0.717) is 15.9 Å². The van der Waals surface area contributed by atoms with Crippen molar-refractivity contribution in [2.24, 2.45) is 0 Å². The van der Waals surface area contributed by atoms with Gasteiger partial charge < -0.3 is 15.0 Å². The molecule has 0 radical (unpaired) electrons. The van der Waals surface area contributed by atoms with Gasteiger partial charge in [-0.05, 0) is 78.5 Å². The third kappa shape index (κ3) is 7.48. The zero-order chi connectivity index (χ0) is 29.6. The second-order valence-corrected chi connectivity index (χ2v) is 13.0. The summed E-state index contributed by atoms with van der Waals surface area (Å²) in [6.45, 7) is 3.27. The third-order valence-electron chi connectivity index (χ3n) is 7.38. The first-order chi connectivity index (χ1) is 19.6. The zero-order valence-corrected chi connectivity index (χ0v) is 25.9. The molecule has 0 spiro atoms. The van der Waals surface area contributed by atoms with E-state index in [1.165, 1.54) is 24.1 Å². The molecule has 3 aromatic rings. The number of benzene rings is 3. The van der Waals surface area contributed by atoms with E-state index in [9.17, 15) is 18.0 Å². The molecule has 8 nitrogen and oxygen atoms in total. The van der Waals surface area contributed by atoms with Crippen molar-refractivity contribution in [3.8, 4) is 5.75 Å². The van der Waals surface area contributed by atoms with E-state index in [2.05, 4.69) is 21.2 Å². The van der Waals surface area contributed by atoms with Gasteiger partial charge in [-0.1, -0.05) is 60.9 Å². The number of carbonyl (C=O) groups excluding carboxylic acids is 2. The summed E-state index contributed by atoms with van der Waals surface area (Å²) in [4.78, 5) is 28.8. The summed E-state index contributed by atoms with van der Waals surface area (Å²) < 4.78 is 34.9. The SMILES string of the molecule is COc1ccc(S(=O)(=O)N(CC(=O)N(Cc2ccccc2)[C@H](C)C(=O)NC2CCCC2)c2ccc(C)cc2)cc1Br. The standard InChI is InChI=1S/C31H36BrN3O5S/c1-22-13-15-26(16-14-22)35(41(38,39)27-17-18-29(40-3)28(32)19-27)21-30(36)34(20-24-9-5-4-6-10-24)23(2)31(37)33-25-11-7-8-12-25/h4-6,9-10,13-19,23,25H,7-8,11-12,20-21H2,1-3H3,(H,33,37)/t23-/m1/s1. The molecule has 1 aliphatic rings. The highest BCUT2D eigenvalue weighted by atomic mass is 79.9. The smallest absolute Gasteiger partial charge is 0.264 e. The van der Waals surface area contributed by atoms with Crippen LogP contribution in [0.3, 0.4) is 0 Å². The van der Waals surface area contributed by atoms with Gasteiger partial charge in [0.05, 0.1) is 22.2 Å². The van der Waals surface area contributed by atoms with Crippen molar-refractivity contribution in [3.05, 3.63) is 88.4 Å². The van der Waals surface area contributed by atoms with Crippen LogP contribution in [0, 0.1) is 6.92 Å². The van der Waals surface area contributed by atoms with Crippen LogP contribution in [-0.4, -0.2) is 50.9 Å². The highest BCUT2D eigenvalue weighted by Gasteiger charge is 2.33. The first kappa shape index (κ1) is 30.6. The van der Waals surface area contributed by atoms with Crippen molar-refractivity contribution in [1.29, 1.82) is 0 Å². The molecular formula is C31H36BrN3O5S. The lowest BCUT2D eigenvalue weighted by Crippen LogP contribution is -2.52. The number of halogens is 1. The quantitative estimate of drug-likeness (QED) is 0.301. The predicted octanol–water partition coefficient (Wildman–Crippen LogP) is 5.44. The number of ether oxygens (including phenoxy) is 1. The molecule has 41 heavy (non-hydrogen) atoms. The van der Waals surface area contributed by atoms with Crippen molar-refractivity contribution in [2.75, 3.05) is 18.0 Å². The van der Waals surface area contributed by atoms with E-state index in [1.807, 2.05) is 37.3 Å². The Balaban J connectivity index is 1.69. The van der Waals surface area contributed by atoms with Gasteiger partial charge in [-0.2, -0.15) is 0 Å². The van der Waals surface area contributed by atoms with Crippen LogP contribution in [0.2, 0.25) is 0 Å². The molecule has 1 atom stereocenters. The number of rotatable bonds is 11. The molecule has 0 heterocycles. The zero-order valence-electron chi connectivity index (χ0n) is 23.5. The Kier molecular flexibility index (Phi) is 10.1. The second kappa shape index (κ2) is 13.5. The highest BCUT2D eigenvalue weighted by Crippen LogP contribution is 2.31. The number of aryl methyl sites for hydroxylation is 1. The fourth-order valence-corrected chi connectivity index (χ4v) is 7.06. The summed E-state index contributed by atoms with van der Waals surface area (Å²) in [5.41, 5.74) is 2.14. The van der Waals surface area contributed by atoms with Crippen LogP contribution in [0.4, 0.5) is 5.69 Å². The van der Waals surface area contributed by atoms with Crippen LogP contribution in [-0.2, 0) is 26.2 Å². The predicted molar refractivity (Wildman–Crippen MR) is 163 cm³/mol. The van der Waals surface area contributed by atoms with Crippen molar-refractivity contribution >= 4 is 43.5 Å². The molecule has 0 aromatic heterocycles. The van der Waals surface area contributed by atoms with E-state index < -0.39 is 28.5 Å². The second-order valence-electron chi connectivity index (χ2n) is 10.3. The maximum absolute atomic E-state index is 14.0. The van der Waals surface area contributed by atoms with Crippen molar-refractivity contribution in [3.63, 3.8) is 0 Å². The Morgan fingerprint density at radius 2 is 1.68 bits per heavy atom.